The van der Waals surface area contributed by atoms with Gasteiger partial charge in [0.15, 0.2) is 5.78 Å². The lowest BCUT2D eigenvalue weighted by molar-refractivity contribution is -0.151. The van der Waals surface area contributed by atoms with Gasteiger partial charge in [-0.2, -0.15) is 24.9 Å². The summed E-state index contributed by atoms with van der Waals surface area (Å²) in [7, 11) is 1.19. The highest BCUT2D eigenvalue weighted by molar-refractivity contribution is 7.99. The van der Waals surface area contributed by atoms with Gasteiger partial charge < -0.3 is 14.8 Å². The lowest BCUT2D eigenvalue weighted by Gasteiger charge is -2.38. The van der Waals surface area contributed by atoms with Crippen molar-refractivity contribution in [2.24, 2.45) is 11.8 Å². The average molecular weight is 512 g/mol. The number of carbonyl (C=O) groups is 3. The molecule has 0 fully saturated rings. The fraction of sp³-hybridized carbons (Fsp3) is 0.480. The molecule has 0 saturated carbocycles. The van der Waals surface area contributed by atoms with E-state index in [0.717, 1.165) is 17.9 Å². The molecule has 0 spiro atoms. The summed E-state index contributed by atoms with van der Waals surface area (Å²) < 4.78 is 49.8. The van der Waals surface area contributed by atoms with Crippen LogP contribution in [-0.2, 0) is 30.0 Å². The van der Waals surface area contributed by atoms with Gasteiger partial charge in [-0.05, 0) is 42.7 Å². The number of allylic oxidation sites excluding steroid dienone is 3. The van der Waals surface area contributed by atoms with E-state index >= 15 is 0 Å². The second kappa shape index (κ2) is 10.9. The van der Waals surface area contributed by atoms with Crippen molar-refractivity contribution in [3.8, 4) is 0 Å². The van der Waals surface area contributed by atoms with E-state index in [1.807, 2.05) is 6.92 Å². The second-order valence-electron chi connectivity index (χ2n) is 8.49. The summed E-state index contributed by atoms with van der Waals surface area (Å²) in [6.45, 7) is 5.55. The number of nitrogens with one attached hydrogen (secondary N) is 1. The number of benzene rings is 1. The van der Waals surface area contributed by atoms with Crippen molar-refractivity contribution in [1.82, 2.24) is 5.32 Å². The van der Waals surface area contributed by atoms with E-state index in [0.29, 0.717) is 29.1 Å². The van der Waals surface area contributed by atoms with Crippen LogP contribution < -0.4 is 5.32 Å². The van der Waals surface area contributed by atoms with Gasteiger partial charge in [0.25, 0.3) is 0 Å². The molecule has 1 aromatic rings. The third-order valence-electron chi connectivity index (χ3n) is 6.20. The van der Waals surface area contributed by atoms with Crippen LogP contribution in [0.4, 0.5) is 13.2 Å². The molecule has 10 heteroatoms. The average Bonchev–Trinajstić information content (AvgIpc) is 2.80. The Labute approximate surface area is 206 Å². The lowest BCUT2D eigenvalue weighted by atomic mass is 9.69. The first kappa shape index (κ1) is 26.8. The summed E-state index contributed by atoms with van der Waals surface area (Å²) in [6.07, 6.45) is -4.20. The molecule has 190 valence electrons. The lowest BCUT2D eigenvalue weighted by Crippen LogP contribution is -2.43. The number of carbonyl (C=O) groups excluding carboxylic acids is 3. The molecule has 1 N–H and O–H groups in total. The van der Waals surface area contributed by atoms with Gasteiger partial charge in [0.2, 0.25) is 0 Å². The Kier molecular flexibility index (Phi) is 8.35. The molecule has 0 amide bonds. The van der Waals surface area contributed by atoms with E-state index in [1.165, 1.54) is 19.2 Å². The minimum absolute atomic E-state index is 0.136. The Morgan fingerprint density at radius 2 is 1.86 bits per heavy atom. The van der Waals surface area contributed by atoms with Crippen molar-refractivity contribution < 1.29 is 37.0 Å². The number of hydrogen-bond acceptors (Lipinski definition) is 7. The van der Waals surface area contributed by atoms with Crippen LogP contribution in [0.25, 0.3) is 0 Å². The number of rotatable bonds is 7. The summed E-state index contributed by atoms with van der Waals surface area (Å²) >= 11 is 1.59. The molecule has 0 radical (unpaired) electrons. The van der Waals surface area contributed by atoms with Crippen LogP contribution in [0, 0.1) is 11.8 Å². The van der Waals surface area contributed by atoms with Gasteiger partial charge in [0.05, 0.1) is 18.2 Å². The van der Waals surface area contributed by atoms with Gasteiger partial charge in [0.1, 0.15) is 12.5 Å². The monoisotopic (exact) mass is 511 g/mol. The fourth-order valence-corrected chi connectivity index (χ4v) is 5.05. The molecule has 1 heterocycles. The van der Waals surface area contributed by atoms with Gasteiger partial charge in [0, 0.05) is 28.6 Å². The standard InChI is InChI=1S/C25H28F3NO5S/c1-5-35-11-10-34-24(32)19-14(3)29-17-12-13(2)18(23(31)33-4)22(30)21(17)20(19)15-6-8-16(9-7-15)25(26,27)28/h6-9,13,18,20,29H,5,10-12H2,1-4H3/t13-,18+,20+/m0/s1. The van der Waals surface area contributed by atoms with Crippen molar-refractivity contribution in [1.29, 1.82) is 0 Å². The van der Waals surface area contributed by atoms with Crippen molar-refractivity contribution in [3.63, 3.8) is 0 Å². The number of methoxy groups -OCH3 is 1. The number of halogens is 3. The Morgan fingerprint density at radius 1 is 1.20 bits per heavy atom. The number of ether oxygens (including phenoxy) is 2. The van der Waals surface area contributed by atoms with Gasteiger partial charge >= 0.3 is 18.1 Å². The number of alkyl halides is 3. The van der Waals surface area contributed by atoms with Gasteiger partial charge in [-0.3, -0.25) is 9.59 Å². The van der Waals surface area contributed by atoms with Crippen LogP contribution in [0.3, 0.4) is 0 Å². The Bertz CT molecular complexity index is 1060. The molecule has 3 rings (SSSR count). The van der Waals surface area contributed by atoms with Crippen LogP contribution in [0.2, 0.25) is 0 Å². The topological polar surface area (TPSA) is 81.7 Å². The van der Waals surface area contributed by atoms with E-state index in [4.69, 9.17) is 9.47 Å². The maximum atomic E-state index is 13.6. The zero-order chi connectivity index (χ0) is 25.9. The third kappa shape index (κ3) is 5.58. The smallest absolute Gasteiger partial charge is 0.416 e. The summed E-state index contributed by atoms with van der Waals surface area (Å²) in [5.41, 5.74) is 0.798. The van der Waals surface area contributed by atoms with Gasteiger partial charge in [-0.25, -0.2) is 4.79 Å². The predicted octanol–water partition coefficient (Wildman–Crippen LogP) is 4.61. The van der Waals surface area contributed by atoms with Crippen molar-refractivity contribution >= 4 is 29.5 Å². The maximum absolute atomic E-state index is 13.6. The van der Waals surface area contributed by atoms with E-state index in [9.17, 15) is 27.6 Å². The Balaban J connectivity index is 2.09. The van der Waals surface area contributed by atoms with Gasteiger partial charge in [-0.15, -0.1) is 0 Å². The number of esters is 2. The van der Waals surface area contributed by atoms with Crippen LogP contribution in [0.5, 0.6) is 0 Å². The summed E-state index contributed by atoms with van der Waals surface area (Å²) in [5.74, 6) is -2.84. The van der Waals surface area contributed by atoms with E-state index in [2.05, 4.69) is 5.32 Å². The van der Waals surface area contributed by atoms with Crippen molar-refractivity contribution in [3.05, 3.63) is 57.9 Å². The first-order valence-corrected chi connectivity index (χ1v) is 12.4. The number of hydrogen-bond donors (Lipinski definition) is 1. The molecule has 35 heavy (non-hydrogen) atoms. The summed E-state index contributed by atoms with van der Waals surface area (Å²) in [5, 5.41) is 3.12. The zero-order valence-electron chi connectivity index (χ0n) is 20.0. The minimum atomic E-state index is -4.53. The molecule has 1 aliphatic carbocycles. The van der Waals surface area contributed by atoms with Crippen LogP contribution in [-0.4, -0.2) is 42.9 Å². The quantitative estimate of drug-likeness (QED) is 0.325. The van der Waals surface area contributed by atoms with E-state index in [1.54, 1.807) is 25.6 Å². The third-order valence-corrected chi connectivity index (χ3v) is 7.06. The highest BCUT2D eigenvalue weighted by atomic mass is 32.2. The Morgan fingerprint density at radius 3 is 2.43 bits per heavy atom. The number of ketones is 1. The molecule has 2 aliphatic rings. The SMILES string of the molecule is CCSCCOC(=O)C1=C(C)NC2=C(C(=O)[C@H](C(=O)OC)[C@@H](C)C2)[C@@H]1c1ccc(C(F)(F)F)cc1. The molecule has 0 saturated heterocycles. The first-order chi connectivity index (χ1) is 16.5. The zero-order valence-corrected chi connectivity index (χ0v) is 20.8. The maximum Gasteiger partial charge on any atom is 0.416 e. The van der Waals surface area contributed by atoms with Gasteiger partial charge in [-0.1, -0.05) is 26.0 Å². The fourth-order valence-electron chi connectivity index (χ4n) is 4.56. The predicted molar refractivity (Wildman–Crippen MR) is 125 cm³/mol. The first-order valence-electron chi connectivity index (χ1n) is 11.3. The Hall–Kier alpha value is -2.75. The highest BCUT2D eigenvalue weighted by Crippen LogP contribution is 2.46. The summed E-state index contributed by atoms with van der Waals surface area (Å²) in [6, 6.07) is 4.35. The molecule has 0 unspecified atom stereocenters. The molecule has 0 bridgehead atoms. The molecule has 1 aromatic carbocycles. The number of Topliss-reactive ketones (excluding diaryl/α,β-unsaturated/α-hetero) is 1. The van der Waals surface area contributed by atoms with Crippen LogP contribution >= 0.6 is 11.8 Å². The number of dihydropyridines is 1. The second-order valence-corrected chi connectivity index (χ2v) is 9.88. The molecular formula is C25H28F3NO5S. The van der Waals surface area contributed by atoms with Crippen LogP contribution in [0.15, 0.2) is 46.8 Å². The molecule has 6 nitrogen and oxygen atoms in total. The van der Waals surface area contributed by atoms with Crippen molar-refractivity contribution in [2.75, 3.05) is 25.2 Å². The molecule has 3 atom stereocenters. The normalized spacial score (nSPS) is 22.5. The molecule has 0 aromatic heterocycles. The summed E-state index contributed by atoms with van der Waals surface area (Å²) in [4.78, 5) is 39.2. The van der Waals surface area contributed by atoms with E-state index < -0.39 is 41.3 Å². The van der Waals surface area contributed by atoms with Crippen LogP contribution in [0.1, 0.15) is 44.2 Å². The number of thioether (sulfide) groups is 1. The largest absolute Gasteiger partial charge is 0.468 e. The molecular weight excluding hydrogens is 483 g/mol. The van der Waals surface area contributed by atoms with E-state index in [-0.39, 0.29) is 23.7 Å². The van der Waals surface area contributed by atoms with Crippen molar-refractivity contribution in [2.45, 2.75) is 39.3 Å². The molecule has 1 aliphatic heterocycles. The minimum Gasteiger partial charge on any atom is -0.468 e. The highest BCUT2D eigenvalue weighted by Gasteiger charge is 2.47.